The van der Waals surface area contributed by atoms with Crippen LogP contribution in [-0.2, 0) is 11.3 Å². The maximum absolute atomic E-state index is 12.7. The first-order valence-electron chi connectivity index (χ1n) is 7.44. The minimum atomic E-state index is 0.151. The summed E-state index contributed by atoms with van der Waals surface area (Å²) in [6.07, 6.45) is 5.12. The summed E-state index contributed by atoms with van der Waals surface area (Å²) in [4.78, 5) is 14.8. The molecule has 2 atom stereocenters. The number of carbonyl (C=O) groups excluding carboxylic acids is 1. The van der Waals surface area contributed by atoms with Gasteiger partial charge in [-0.2, -0.15) is 0 Å². The summed E-state index contributed by atoms with van der Waals surface area (Å²) in [5, 5.41) is 0. The molecule has 1 aromatic rings. The Kier molecular flexibility index (Phi) is 4.13. The Labute approximate surface area is 128 Å². The lowest BCUT2D eigenvalue weighted by Crippen LogP contribution is -2.37. The molecule has 0 spiro atoms. The summed E-state index contributed by atoms with van der Waals surface area (Å²) in [6, 6.07) is 8.91. The van der Waals surface area contributed by atoms with Crippen molar-refractivity contribution in [3.63, 3.8) is 0 Å². The van der Waals surface area contributed by atoms with E-state index in [1.165, 1.54) is 5.56 Å². The van der Waals surface area contributed by atoms with E-state index in [-0.39, 0.29) is 12.0 Å². The molecule has 20 heavy (non-hydrogen) atoms. The van der Waals surface area contributed by atoms with Gasteiger partial charge in [-0.3, -0.25) is 4.79 Å². The van der Waals surface area contributed by atoms with Gasteiger partial charge in [-0.15, -0.1) is 0 Å². The molecule has 3 nitrogen and oxygen atoms in total. The van der Waals surface area contributed by atoms with Gasteiger partial charge in [0.05, 0.1) is 0 Å². The fourth-order valence-electron chi connectivity index (χ4n) is 3.08. The van der Waals surface area contributed by atoms with Gasteiger partial charge in [0, 0.05) is 29.0 Å². The average molecular weight is 337 g/mol. The zero-order valence-corrected chi connectivity index (χ0v) is 13.2. The third-order valence-corrected chi connectivity index (χ3v) is 4.83. The highest BCUT2D eigenvalue weighted by Gasteiger charge is 2.38. The second-order valence-corrected chi connectivity index (χ2v) is 7.01. The van der Waals surface area contributed by atoms with Crippen LogP contribution in [0, 0.1) is 5.92 Å². The smallest absolute Gasteiger partial charge is 0.226 e. The normalized spacial score (nSPS) is 25.7. The lowest BCUT2D eigenvalue weighted by atomic mass is 10.1. The molecule has 0 unspecified atom stereocenters. The van der Waals surface area contributed by atoms with Crippen LogP contribution in [0.2, 0.25) is 0 Å². The first-order valence-corrected chi connectivity index (χ1v) is 8.23. The largest absolute Gasteiger partial charge is 0.335 e. The quantitative estimate of drug-likeness (QED) is 0.918. The summed E-state index contributed by atoms with van der Waals surface area (Å²) in [7, 11) is 0. The fraction of sp³-hybridized carbons (Fsp3) is 0.562. The molecule has 2 aliphatic carbocycles. The van der Waals surface area contributed by atoms with Gasteiger partial charge >= 0.3 is 0 Å². The van der Waals surface area contributed by atoms with Crippen molar-refractivity contribution in [3.05, 3.63) is 34.3 Å². The molecule has 108 valence electrons. The minimum Gasteiger partial charge on any atom is -0.335 e. The van der Waals surface area contributed by atoms with E-state index in [1.54, 1.807) is 0 Å². The highest BCUT2D eigenvalue weighted by molar-refractivity contribution is 9.10. The SMILES string of the molecule is N[C@H]1CC[C@H](C(=O)N(Cc2cccc(Br)c2)C2CC2)C1. The van der Waals surface area contributed by atoms with Crippen LogP contribution in [0.25, 0.3) is 0 Å². The molecule has 1 aromatic carbocycles. The van der Waals surface area contributed by atoms with Crippen LogP contribution in [0.3, 0.4) is 0 Å². The van der Waals surface area contributed by atoms with Crippen molar-refractivity contribution in [1.82, 2.24) is 4.90 Å². The predicted molar refractivity (Wildman–Crippen MR) is 83.0 cm³/mol. The van der Waals surface area contributed by atoms with Crippen LogP contribution in [0.15, 0.2) is 28.7 Å². The molecule has 0 aromatic heterocycles. The van der Waals surface area contributed by atoms with Crippen molar-refractivity contribution in [2.45, 2.75) is 50.7 Å². The number of rotatable bonds is 4. The van der Waals surface area contributed by atoms with Crippen molar-refractivity contribution in [3.8, 4) is 0 Å². The monoisotopic (exact) mass is 336 g/mol. The Morgan fingerprint density at radius 2 is 2.10 bits per heavy atom. The van der Waals surface area contributed by atoms with Crippen LogP contribution < -0.4 is 5.73 Å². The Morgan fingerprint density at radius 3 is 2.70 bits per heavy atom. The maximum atomic E-state index is 12.7. The zero-order valence-electron chi connectivity index (χ0n) is 11.6. The third kappa shape index (κ3) is 3.23. The number of benzene rings is 1. The Bertz CT molecular complexity index is 501. The summed E-state index contributed by atoms with van der Waals surface area (Å²) in [6.45, 7) is 0.731. The van der Waals surface area contributed by atoms with E-state index in [1.807, 2.05) is 12.1 Å². The van der Waals surface area contributed by atoms with Gasteiger partial charge in [-0.1, -0.05) is 28.1 Å². The van der Waals surface area contributed by atoms with Crippen molar-refractivity contribution in [1.29, 1.82) is 0 Å². The number of halogens is 1. The van der Waals surface area contributed by atoms with Gasteiger partial charge in [-0.25, -0.2) is 0 Å². The molecule has 0 heterocycles. The van der Waals surface area contributed by atoms with Crippen LogP contribution in [0.5, 0.6) is 0 Å². The van der Waals surface area contributed by atoms with Gasteiger partial charge < -0.3 is 10.6 Å². The molecule has 2 aliphatic rings. The van der Waals surface area contributed by atoms with E-state index >= 15 is 0 Å². The number of carbonyl (C=O) groups is 1. The Hall–Kier alpha value is -0.870. The molecule has 0 bridgehead atoms. The molecule has 3 rings (SSSR count). The standard InChI is InChI=1S/C16H21BrN2O/c17-13-3-1-2-11(8-13)10-19(15-6-7-15)16(20)12-4-5-14(18)9-12/h1-3,8,12,14-15H,4-7,9-10,18H2/t12-,14-/m0/s1. The molecule has 0 radical (unpaired) electrons. The highest BCUT2D eigenvalue weighted by atomic mass is 79.9. The van der Waals surface area contributed by atoms with Crippen LogP contribution in [0.1, 0.15) is 37.7 Å². The maximum Gasteiger partial charge on any atom is 0.226 e. The lowest BCUT2D eigenvalue weighted by Gasteiger charge is -2.26. The minimum absolute atomic E-state index is 0.151. The van der Waals surface area contributed by atoms with Crippen LogP contribution >= 0.6 is 15.9 Å². The molecule has 2 saturated carbocycles. The molecule has 2 fully saturated rings. The predicted octanol–water partition coefficient (Wildman–Crippen LogP) is 3.07. The second kappa shape index (κ2) is 5.86. The number of amides is 1. The van der Waals surface area contributed by atoms with Gasteiger partial charge in [0.2, 0.25) is 5.91 Å². The summed E-state index contributed by atoms with van der Waals surface area (Å²) in [5.41, 5.74) is 7.15. The van der Waals surface area contributed by atoms with E-state index in [9.17, 15) is 4.79 Å². The van der Waals surface area contributed by atoms with Crippen LogP contribution in [0.4, 0.5) is 0 Å². The van der Waals surface area contributed by atoms with E-state index in [4.69, 9.17) is 5.73 Å². The molecule has 2 N–H and O–H groups in total. The molecular weight excluding hydrogens is 316 g/mol. The number of nitrogens with two attached hydrogens (primary N) is 1. The third-order valence-electron chi connectivity index (χ3n) is 4.34. The van der Waals surface area contributed by atoms with Crippen molar-refractivity contribution >= 4 is 21.8 Å². The van der Waals surface area contributed by atoms with E-state index in [0.29, 0.717) is 11.9 Å². The summed E-state index contributed by atoms with van der Waals surface area (Å²) >= 11 is 3.50. The average Bonchev–Trinajstić information content (AvgIpc) is 3.17. The number of hydrogen-bond donors (Lipinski definition) is 1. The van der Waals surface area contributed by atoms with E-state index in [2.05, 4.69) is 33.0 Å². The van der Waals surface area contributed by atoms with Gasteiger partial charge in [0.25, 0.3) is 0 Å². The first-order chi connectivity index (χ1) is 9.63. The van der Waals surface area contributed by atoms with E-state index < -0.39 is 0 Å². The van der Waals surface area contributed by atoms with Crippen molar-refractivity contribution in [2.75, 3.05) is 0 Å². The number of nitrogens with zero attached hydrogens (tertiary/aromatic N) is 1. The number of hydrogen-bond acceptors (Lipinski definition) is 2. The topological polar surface area (TPSA) is 46.3 Å². The van der Waals surface area contributed by atoms with E-state index in [0.717, 1.165) is 43.1 Å². The van der Waals surface area contributed by atoms with Gasteiger partial charge in [0.1, 0.15) is 0 Å². The van der Waals surface area contributed by atoms with Crippen molar-refractivity contribution in [2.24, 2.45) is 11.7 Å². The highest BCUT2D eigenvalue weighted by Crippen LogP contribution is 2.33. The Balaban J connectivity index is 1.71. The van der Waals surface area contributed by atoms with Gasteiger partial charge in [0.15, 0.2) is 0 Å². The molecule has 4 heteroatoms. The Morgan fingerprint density at radius 1 is 1.30 bits per heavy atom. The second-order valence-electron chi connectivity index (χ2n) is 6.10. The summed E-state index contributed by atoms with van der Waals surface area (Å²) in [5.74, 6) is 0.471. The van der Waals surface area contributed by atoms with Gasteiger partial charge in [-0.05, 0) is 49.8 Å². The molecular formula is C16H21BrN2O. The molecule has 0 aliphatic heterocycles. The molecule has 0 saturated heterocycles. The van der Waals surface area contributed by atoms with Crippen LogP contribution in [-0.4, -0.2) is 22.9 Å². The zero-order chi connectivity index (χ0) is 14.1. The summed E-state index contributed by atoms with van der Waals surface area (Å²) < 4.78 is 1.07. The first kappa shape index (κ1) is 14.1. The fourth-order valence-corrected chi connectivity index (χ4v) is 3.53. The van der Waals surface area contributed by atoms with Crippen molar-refractivity contribution < 1.29 is 4.79 Å². The molecule has 1 amide bonds. The lowest BCUT2D eigenvalue weighted by molar-refractivity contribution is -0.136.